The van der Waals surface area contributed by atoms with Gasteiger partial charge in [-0.2, -0.15) is 0 Å². The van der Waals surface area contributed by atoms with Crippen LogP contribution in [-0.4, -0.2) is 23.2 Å². The van der Waals surface area contributed by atoms with E-state index in [1.165, 1.54) is 0 Å². The van der Waals surface area contributed by atoms with Crippen molar-refractivity contribution in [3.05, 3.63) is 28.3 Å². The second kappa shape index (κ2) is 5.27. The number of benzene rings is 1. The Balaban J connectivity index is 1.94. The smallest absolute Gasteiger partial charge is 0.228 e. The number of anilines is 1. The van der Waals surface area contributed by atoms with Crippen molar-refractivity contribution >= 4 is 23.2 Å². The Morgan fingerprint density at radius 1 is 1.33 bits per heavy atom. The number of amides is 1. The number of rotatable bonds is 2. The Morgan fingerprint density at radius 3 is 2.67 bits per heavy atom. The number of ether oxygens (including phenoxy) is 1. The highest BCUT2D eigenvalue weighted by molar-refractivity contribution is 6.32. The molecule has 2 aliphatic rings. The first kappa shape index (κ1) is 14.8. The molecule has 5 unspecified atom stereocenters. The summed E-state index contributed by atoms with van der Waals surface area (Å²) in [5.74, 6) is 0.215. The number of fused-ring (bicyclic) bond motifs is 1. The summed E-state index contributed by atoms with van der Waals surface area (Å²) >= 11 is 6.31. The predicted octanol–water partition coefficient (Wildman–Crippen LogP) is 2.93. The number of aliphatic hydroxyl groups excluding tert-OH is 1. The van der Waals surface area contributed by atoms with Gasteiger partial charge in [0.05, 0.1) is 24.7 Å². The molecule has 0 spiro atoms. The summed E-state index contributed by atoms with van der Waals surface area (Å²) in [6.45, 7) is 6.11. The van der Waals surface area contributed by atoms with Crippen LogP contribution in [0.3, 0.4) is 0 Å². The molecule has 0 aromatic heterocycles. The summed E-state index contributed by atoms with van der Waals surface area (Å²) in [5, 5.41) is 14.0. The van der Waals surface area contributed by atoms with E-state index >= 15 is 0 Å². The maximum absolute atomic E-state index is 11.5. The van der Waals surface area contributed by atoms with E-state index in [9.17, 15) is 9.90 Å². The van der Waals surface area contributed by atoms with Crippen LogP contribution in [0.15, 0.2) is 12.1 Å². The fraction of sp³-hybridized carbons (Fsp3) is 0.562. The fourth-order valence-corrected chi connectivity index (χ4v) is 3.81. The first-order chi connectivity index (χ1) is 9.88. The standard InChI is InChI=1S/C16H20ClNO3/c1-7-8(2)21-9(3)15(7)16(20)11-4-10-5-14(19)18-13(10)6-12(11)17/h4,6-9,15-16,20H,5H2,1-3H3,(H,18,19). The summed E-state index contributed by atoms with van der Waals surface area (Å²) in [5.41, 5.74) is 2.33. The summed E-state index contributed by atoms with van der Waals surface area (Å²) in [6.07, 6.45) is -0.242. The normalized spacial score (nSPS) is 32.9. The third-order valence-corrected chi connectivity index (χ3v) is 5.18. The molecule has 5 atom stereocenters. The van der Waals surface area contributed by atoms with Crippen molar-refractivity contribution in [2.24, 2.45) is 11.8 Å². The maximum atomic E-state index is 11.5. The van der Waals surface area contributed by atoms with E-state index in [1.54, 1.807) is 6.07 Å². The minimum Gasteiger partial charge on any atom is -0.388 e. The average molecular weight is 310 g/mol. The molecule has 2 N–H and O–H groups in total. The summed E-state index contributed by atoms with van der Waals surface area (Å²) in [4.78, 5) is 11.5. The van der Waals surface area contributed by atoms with Gasteiger partial charge in [-0.25, -0.2) is 0 Å². The first-order valence-electron chi connectivity index (χ1n) is 7.34. The minimum atomic E-state index is -0.687. The summed E-state index contributed by atoms with van der Waals surface area (Å²) in [7, 11) is 0. The van der Waals surface area contributed by atoms with E-state index < -0.39 is 6.10 Å². The molecule has 2 aliphatic heterocycles. The van der Waals surface area contributed by atoms with Gasteiger partial charge in [0.2, 0.25) is 5.91 Å². The average Bonchev–Trinajstić information content (AvgIpc) is 2.87. The Bertz CT molecular complexity index is 589. The maximum Gasteiger partial charge on any atom is 0.228 e. The fourth-order valence-electron chi connectivity index (χ4n) is 3.54. The number of carbonyl (C=O) groups excluding carboxylic acids is 1. The van der Waals surface area contributed by atoms with Gasteiger partial charge >= 0.3 is 0 Å². The van der Waals surface area contributed by atoms with Crippen LogP contribution in [0, 0.1) is 11.8 Å². The van der Waals surface area contributed by atoms with E-state index in [4.69, 9.17) is 16.3 Å². The van der Waals surface area contributed by atoms with E-state index in [0.29, 0.717) is 17.0 Å². The molecule has 0 bridgehead atoms. The summed E-state index contributed by atoms with van der Waals surface area (Å²) in [6, 6.07) is 3.58. The second-order valence-corrected chi connectivity index (χ2v) is 6.59. The molecule has 0 radical (unpaired) electrons. The molecule has 2 heterocycles. The number of nitrogens with one attached hydrogen (secondary N) is 1. The molecule has 1 saturated heterocycles. The van der Waals surface area contributed by atoms with Gasteiger partial charge in [0.25, 0.3) is 0 Å². The van der Waals surface area contributed by atoms with Gasteiger partial charge in [0.1, 0.15) is 0 Å². The highest BCUT2D eigenvalue weighted by Gasteiger charge is 2.42. The third kappa shape index (κ3) is 2.45. The molecule has 3 rings (SSSR count). The van der Waals surface area contributed by atoms with Crippen molar-refractivity contribution in [2.45, 2.75) is 45.5 Å². The number of aliphatic hydroxyl groups is 1. The van der Waals surface area contributed by atoms with Crippen LogP contribution in [0.4, 0.5) is 5.69 Å². The molecular weight excluding hydrogens is 290 g/mol. The largest absolute Gasteiger partial charge is 0.388 e. The zero-order chi connectivity index (χ0) is 15.3. The molecule has 4 nitrogen and oxygen atoms in total. The molecule has 1 aromatic carbocycles. The van der Waals surface area contributed by atoms with E-state index in [1.807, 2.05) is 19.9 Å². The molecule has 5 heteroatoms. The van der Waals surface area contributed by atoms with E-state index in [-0.39, 0.29) is 30.0 Å². The van der Waals surface area contributed by atoms with Gasteiger partial charge in [-0.1, -0.05) is 18.5 Å². The zero-order valence-electron chi connectivity index (χ0n) is 12.4. The zero-order valence-corrected chi connectivity index (χ0v) is 13.1. The van der Waals surface area contributed by atoms with Gasteiger partial charge in [0.15, 0.2) is 0 Å². The molecule has 114 valence electrons. The van der Waals surface area contributed by atoms with Gasteiger partial charge in [-0.3, -0.25) is 4.79 Å². The molecule has 1 amide bonds. The number of halogens is 1. The van der Waals surface area contributed by atoms with Crippen LogP contribution < -0.4 is 5.32 Å². The van der Waals surface area contributed by atoms with E-state index in [0.717, 1.165) is 11.3 Å². The van der Waals surface area contributed by atoms with Gasteiger partial charge in [0, 0.05) is 16.6 Å². The van der Waals surface area contributed by atoms with Gasteiger partial charge in [-0.05, 0) is 43.0 Å². The quantitative estimate of drug-likeness (QED) is 0.883. The van der Waals surface area contributed by atoms with Crippen molar-refractivity contribution in [3.63, 3.8) is 0 Å². The van der Waals surface area contributed by atoms with Crippen LogP contribution in [-0.2, 0) is 16.0 Å². The number of carbonyl (C=O) groups is 1. The van der Waals surface area contributed by atoms with Crippen LogP contribution in [0.1, 0.15) is 38.0 Å². The second-order valence-electron chi connectivity index (χ2n) is 6.18. The van der Waals surface area contributed by atoms with Crippen LogP contribution in [0.2, 0.25) is 5.02 Å². The van der Waals surface area contributed by atoms with Crippen molar-refractivity contribution in [3.8, 4) is 0 Å². The molecule has 1 aromatic rings. The van der Waals surface area contributed by atoms with E-state index in [2.05, 4.69) is 12.2 Å². The lowest BCUT2D eigenvalue weighted by Crippen LogP contribution is -2.25. The lowest BCUT2D eigenvalue weighted by molar-refractivity contribution is -0.115. The van der Waals surface area contributed by atoms with Crippen LogP contribution in [0.25, 0.3) is 0 Å². The predicted molar refractivity (Wildman–Crippen MR) is 81.4 cm³/mol. The van der Waals surface area contributed by atoms with Crippen molar-refractivity contribution in [1.82, 2.24) is 0 Å². The lowest BCUT2D eigenvalue weighted by Gasteiger charge is -2.26. The lowest BCUT2D eigenvalue weighted by atomic mass is 9.82. The highest BCUT2D eigenvalue weighted by atomic mass is 35.5. The third-order valence-electron chi connectivity index (χ3n) is 4.85. The van der Waals surface area contributed by atoms with Gasteiger partial charge in [-0.15, -0.1) is 0 Å². The Labute approximate surface area is 129 Å². The van der Waals surface area contributed by atoms with Crippen molar-refractivity contribution in [2.75, 3.05) is 5.32 Å². The topological polar surface area (TPSA) is 58.6 Å². The summed E-state index contributed by atoms with van der Waals surface area (Å²) < 4.78 is 5.81. The molecule has 21 heavy (non-hydrogen) atoms. The molecule has 0 aliphatic carbocycles. The first-order valence-corrected chi connectivity index (χ1v) is 7.72. The Hall–Kier alpha value is -1.10. The monoisotopic (exact) mass is 309 g/mol. The van der Waals surface area contributed by atoms with Crippen LogP contribution >= 0.6 is 11.6 Å². The van der Waals surface area contributed by atoms with Crippen molar-refractivity contribution < 1.29 is 14.6 Å². The SMILES string of the molecule is CC1OC(C)C(C(O)c2cc3c(cc2Cl)NC(=O)C3)C1C. The molecule has 0 saturated carbocycles. The molecule has 1 fully saturated rings. The number of hydrogen-bond donors (Lipinski definition) is 2. The number of hydrogen-bond acceptors (Lipinski definition) is 3. The van der Waals surface area contributed by atoms with Crippen LogP contribution in [0.5, 0.6) is 0 Å². The van der Waals surface area contributed by atoms with Gasteiger partial charge < -0.3 is 15.2 Å². The Morgan fingerprint density at radius 2 is 2.05 bits per heavy atom. The van der Waals surface area contributed by atoms with Crippen molar-refractivity contribution in [1.29, 1.82) is 0 Å². The molecular formula is C16H20ClNO3. The minimum absolute atomic E-state index is 0.000568. The Kier molecular flexibility index (Phi) is 3.72. The highest BCUT2D eigenvalue weighted by Crippen LogP contribution is 2.43.